The SMILES string of the molecule is CCCN(CC(=O)O)Cc1cccc(-c2ccc(C)cc2)c1. The Morgan fingerprint density at radius 2 is 1.82 bits per heavy atom. The van der Waals surface area contributed by atoms with Crippen molar-refractivity contribution in [3.63, 3.8) is 0 Å². The van der Waals surface area contributed by atoms with Gasteiger partial charge in [-0.1, -0.05) is 55.0 Å². The lowest BCUT2D eigenvalue weighted by atomic mass is 10.0. The van der Waals surface area contributed by atoms with E-state index < -0.39 is 5.97 Å². The topological polar surface area (TPSA) is 40.5 Å². The third kappa shape index (κ3) is 4.71. The minimum atomic E-state index is -0.775. The van der Waals surface area contributed by atoms with Crippen molar-refractivity contribution in [2.45, 2.75) is 26.8 Å². The maximum Gasteiger partial charge on any atom is 0.317 e. The van der Waals surface area contributed by atoms with Gasteiger partial charge in [0.1, 0.15) is 0 Å². The fraction of sp³-hybridized carbons (Fsp3) is 0.316. The second kappa shape index (κ2) is 7.76. The van der Waals surface area contributed by atoms with E-state index in [1.807, 2.05) is 11.0 Å². The molecule has 2 aromatic rings. The highest BCUT2D eigenvalue weighted by Crippen LogP contribution is 2.21. The first-order valence-corrected chi connectivity index (χ1v) is 7.68. The van der Waals surface area contributed by atoms with E-state index >= 15 is 0 Å². The number of hydrogen-bond acceptors (Lipinski definition) is 2. The van der Waals surface area contributed by atoms with Gasteiger partial charge in [0.05, 0.1) is 6.54 Å². The minimum Gasteiger partial charge on any atom is -0.480 e. The van der Waals surface area contributed by atoms with E-state index in [0.717, 1.165) is 18.5 Å². The molecule has 22 heavy (non-hydrogen) atoms. The van der Waals surface area contributed by atoms with Gasteiger partial charge in [-0.05, 0) is 42.6 Å². The summed E-state index contributed by atoms with van der Waals surface area (Å²) in [5, 5.41) is 9.01. The molecule has 3 heteroatoms. The van der Waals surface area contributed by atoms with Crippen LogP contribution in [0.5, 0.6) is 0 Å². The molecule has 2 aromatic carbocycles. The van der Waals surface area contributed by atoms with Gasteiger partial charge in [-0.3, -0.25) is 9.69 Å². The maximum atomic E-state index is 11.0. The Labute approximate surface area is 132 Å². The smallest absolute Gasteiger partial charge is 0.317 e. The number of carbonyl (C=O) groups is 1. The molecule has 0 fully saturated rings. The van der Waals surface area contributed by atoms with Crippen LogP contribution in [-0.4, -0.2) is 29.1 Å². The van der Waals surface area contributed by atoms with Crippen molar-refractivity contribution in [2.75, 3.05) is 13.1 Å². The summed E-state index contributed by atoms with van der Waals surface area (Å²) >= 11 is 0. The summed E-state index contributed by atoms with van der Waals surface area (Å²) < 4.78 is 0. The van der Waals surface area contributed by atoms with Gasteiger partial charge in [-0.25, -0.2) is 0 Å². The Hall–Kier alpha value is -2.13. The van der Waals surface area contributed by atoms with Crippen LogP contribution in [0.1, 0.15) is 24.5 Å². The Balaban J connectivity index is 2.16. The number of aliphatic carboxylic acids is 1. The zero-order valence-electron chi connectivity index (χ0n) is 13.2. The highest BCUT2D eigenvalue weighted by atomic mass is 16.4. The van der Waals surface area contributed by atoms with Crippen molar-refractivity contribution in [3.8, 4) is 11.1 Å². The first-order valence-electron chi connectivity index (χ1n) is 7.68. The van der Waals surface area contributed by atoms with Gasteiger partial charge in [0.2, 0.25) is 0 Å². The summed E-state index contributed by atoms with van der Waals surface area (Å²) in [7, 11) is 0. The molecular weight excluding hydrogens is 274 g/mol. The number of carboxylic acids is 1. The highest BCUT2D eigenvalue weighted by Gasteiger charge is 2.10. The summed E-state index contributed by atoms with van der Waals surface area (Å²) in [6.45, 7) is 5.69. The minimum absolute atomic E-state index is 0.0859. The molecule has 0 amide bonds. The molecule has 0 bridgehead atoms. The quantitative estimate of drug-likeness (QED) is 0.841. The van der Waals surface area contributed by atoms with Crippen LogP contribution in [0, 0.1) is 6.92 Å². The van der Waals surface area contributed by atoms with E-state index in [2.05, 4.69) is 56.3 Å². The average molecular weight is 297 g/mol. The molecule has 0 saturated carbocycles. The van der Waals surface area contributed by atoms with Gasteiger partial charge >= 0.3 is 5.97 Å². The summed E-state index contributed by atoms with van der Waals surface area (Å²) in [5.74, 6) is -0.775. The second-order valence-electron chi connectivity index (χ2n) is 5.67. The second-order valence-corrected chi connectivity index (χ2v) is 5.67. The third-order valence-electron chi connectivity index (χ3n) is 3.62. The zero-order chi connectivity index (χ0) is 15.9. The molecule has 0 radical (unpaired) electrons. The molecule has 0 heterocycles. The van der Waals surface area contributed by atoms with Crippen LogP contribution < -0.4 is 0 Å². The fourth-order valence-electron chi connectivity index (χ4n) is 2.57. The Kier molecular flexibility index (Phi) is 5.73. The predicted molar refractivity (Wildman–Crippen MR) is 89.8 cm³/mol. The first-order chi connectivity index (χ1) is 10.6. The van der Waals surface area contributed by atoms with Gasteiger partial charge in [0.25, 0.3) is 0 Å². The van der Waals surface area contributed by atoms with E-state index in [-0.39, 0.29) is 6.54 Å². The molecule has 1 N–H and O–H groups in total. The van der Waals surface area contributed by atoms with Gasteiger partial charge in [0, 0.05) is 6.54 Å². The Bertz CT molecular complexity index is 620. The largest absolute Gasteiger partial charge is 0.480 e. The molecule has 0 aliphatic heterocycles. The molecule has 0 saturated heterocycles. The van der Waals surface area contributed by atoms with Crippen LogP contribution >= 0.6 is 0 Å². The zero-order valence-corrected chi connectivity index (χ0v) is 13.2. The fourth-order valence-corrected chi connectivity index (χ4v) is 2.57. The molecule has 0 aliphatic rings. The third-order valence-corrected chi connectivity index (χ3v) is 3.62. The van der Waals surface area contributed by atoms with Crippen molar-refractivity contribution in [1.29, 1.82) is 0 Å². The number of aryl methyl sites for hydroxylation is 1. The van der Waals surface area contributed by atoms with Crippen molar-refractivity contribution >= 4 is 5.97 Å². The van der Waals surface area contributed by atoms with E-state index in [0.29, 0.717) is 6.54 Å². The number of carboxylic acid groups (broad SMARTS) is 1. The first kappa shape index (κ1) is 16.2. The maximum absolute atomic E-state index is 11.0. The molecular formula is C19H23NO2. The van der Waals surface area contributed by atoms with Gasteiger partial charge < -0.3 is 5.11 Å². The predicted octanol–water partition coefficient (Wildman–Crippen LogP) is 3.96. The molecule has 2 rings (SSSR count). The van der Waals surface area contributed by atoms with Crippen LogP contribution in [0.25, 0.3) is 11.1 Å². The van der Waals surface area contributed by atoms with Crippen LogP contribution in [-0.2, 0) is 11.3 Å². The highest BCUT2D eigenvalue weighted by molar-refractivity contribution is 5.69. The van der Waals surface area contributed by atoms with E-state index in [1.54, 1.807) is 0 Å². The standard InChI is InChI=1S/C19H23NO2/c1-3-11-20(14-19(21)22)13-16-5-4-6-18(12-16)17-9-7-15(2)8-10-17/h4-10,12H,3,11,13-14H2,1-2H3,(H,21,22). The number of hydrogen-bond donors (Lipinski definition) is 1. The molecule has 116 valence electrons. The van der Waals surface area contributed by atoms with Crippen molar-refractivity contribution in [3.05, 3.63) is 59.7 Å². The van der Waals surface area contributed by atoms with E-state index in [9.17, 15) is 4.79 Å². The van der Waals surface area contributed by atoms with Crippen molar-refractivity contribution in [2.24, 2.45) is 0 Å². The van der Waals surface area contributed by atoms with Crippen molar-refractivity contribution in [1.82, 2.24) is 4.90 Å². The number of rotatable bonds is 7. The Morgan fingerprint density at radius 1 is 1.09 bits per heavy atom. The van der Waals surface area contributed by atoms with Crippen LogP contribution in [0.3, 0.4) is 0 Å². The normalized spacial score (nSPS) is 10.9. The molecule has 0 aromatic heterocycles. The van der Waals surface area contributed by atoms with E-state index in [4.69, 9.17) is 5.11 Å². The van der Waals surface area contributed by atoms with Crippen molar-refractivity contribution < 1.29 is 9.90 Å². The van der Waals surface area contributed by atoms with Crippen LogP contribution in [0.4, 0.5) is 0 Å². The molecule has 0 spiro atoms. The summed E-state index contributed by atoms with van der Waals surface area (Å²) in [5.41, 5.74) is 4.75. The Morgan fingerprint density at radius 3 is 2.45 bits per heavy atom. The van der Waals surface area contributed by atoms with Crippen LogP contribution in [0.15, 0.2) is 48.5 Å². The van der Waals surface area contributed by atoms with Gasteiger partial charge in [-0.15, -0.1) is 0 Å². The van der Waals surface area contributed by atoms with Gasteiger partial charge in [-0.2, -0.15) is 0 Å². The summed E-state index contributed by atoms with van der Waals surface area (Å²) in [4.78, 5) is 12.9. The van der Waals surface area contributed by atoms with Crippen LogP contribution in [0.2, 0.25) is 0 Å². The number of benzene rings is 2. The lowest BCUT2D eigenvalue weighted by Gasteiger charge is -2.19. The number of nitrogens with zero attached hydrogens (tertiary/aromatic N) is 1. The summed E-state index contributed by atoms with van der Waals surface area (Å²) in [6, 6.07) is 16.8. The molecule has 0 unspecified atom stereocenters. The average Bonchev–Trinajstić information content (AvgIpc) is 2.48. The summed E-state index contributed by atoms with van der Waals surface area (Å²) in [6.07, 6.45) is 0.949. The lowest BCUT2D eigenvalue weighted by Crippen LogP contribution is -2.30. The molecule has 0 atom stereocenters. The lowest BCUT2D eigenvalue weighted by molar-refractivity contribution is -0.138. The van der Waals surface area contributed by atoms with Gasteiger partial charge in [0.15, 0.2) is 0 Å². The monoisotopic (exact) mass is 297 g/mol. The molecule has 0 aliphatic carbocycles. The molecule has 3 nitrogen and oxygen atoms in total. The van der Waals surface area contributed by atoms with E-state index in [1.165, 1.54) is 16.7 Å².